The van der Waals surface area contributed by atoms with Crippen LogP contribution in [-0.4, -0.2) is 71.2 Å². The molecule has 2 aliphatic heterocycles. The maximum Gasteiger partial charge on any atom is 0.530 e. The lowest BCUT2D eigenvalue weighted by Gasteiger charge is -2.31. The summed E-state index contributed by atoms with van der Waals surface area (Å²) in [4.78, 5) is 4.11. The van der Waals surface area contributed by atoms with Gasteiger partial charge in [-0.2, -0.15) is 10.4 Å². The van der Waals surface area contributed by atoms with Crippen molar-refractivity contribution < 1.29 is 46.2 Å². The van der Waals surface area contributed by atoms with Gasteiger partial charge in [-0.3, -0.25) is 9.05 Å². The van der Waals surface area contributed by atoms with Crippen LogP contribution in [0.4, 0.5) is 10.2 Å². The van der Waals surface area contributed by atoms with Gasteiger partial charge >= 0.3 is 7.82 Å². The van der Waals surface area contributed by atoms with Crippen molar-refractivity contribution in [1.82, 2.24) is 14.6 Å². The molecule has 0 radical (unpaired) electrons. The minimum absolute atomic E-state index is 0.00238. The molecule has 0 aliphatic carbocycles. The van der Waals surface area contributed by atoms with Gasteiger partial charge in [-0.1, -0.05) is 133 Å². The number of nitrogens with zero attached hydrogens (tertiary/aromatic N) is 4. The predicted octanol–water partition coefficient (Wildman–Crippen LogP) is 12.2. The predicted molar refractivity (Wildman–Crippen MR) is 255 cm³/mol. The summed E-state index contributed by atoms with van der Waals surface area (Å²) in [5.74, 6) is -1.23. The normalized spacial score (nSPS) is 21.3. The SMILES string of the molecule is CCCCCCCCCCCCCCCCCCOC[C@H](COP(=O)(OC[C@H]1O[C@@](C)(c2ccc3c(N)ncnn23)[C@@H]2OC(C)(C)O[C@@H]21)Oc1ccccc1Cl)OCc1ccc(F)c(C#N)c1. The quantitative estimate of drug-likeness (QED) is 0.0373. The summed E-state index contributed by atoms with van der Waals surface area (Å²) in [6.45, 7) is 7.74. The van der Waals surface area contributed by atoms with Crippen molar-refractivity contribution in [2.24, 2.45) is 0 Å². The van der Waals surface area contributed by atoms with E-state index >= 15 is 0 Å². The molecule has 0 amide bonds. The molecule has 6 rings (SSSR count). The molecule has 2 aliphatic rings. The molecule has 1 unspecified atom stereocenters. The molecular formula is C50H70ClFN5O9P. The van der Waals surface area contributed by atoms with Gasteiger partial charge in [0.15, 0.2) is 11.6 Å². The molecule has 368 valence electrons. The van der Waals surface area contributed by atoms with E-state index in [1.807, 2.05) is 32.9 Å². The summed E-state index contributed by atoms with van der Waals surface area (Å²) in [5, 5.41) is 14.0. The minimum Gasteiger partial charge on any atom is -0.402 e. The number of benzene rings is 2. The maximum absolute atomic E-state index is 14.8. The standard InChI is InChI=1S/C50H70ClFN5O9P/c1-5-6-7-8-9-10-11-12-13-14-15-16-17-18-19-22-29-59-33-39(60-32-37-25-26-41(52)38(30-37)31-53)34-61-67(58,66-43-24-21-20-23-40(43)51)62-35-44-46-47(65-49(2,3)64-46)50(4,63-44)45-28-27-42-48(54)55-36-56-57(42)45/h20-21,23-28,30,36,39,44,46-47H,5-19,22,29,32-35H2,1-4H3,(H2,54,55,56)/t39-,44-,46-,47-,50+,67?/m1/s1. The zero-order valence-corrected chi connectivity index (χ0v) is 41.3. The van der Waals surface area contributed by atoms with E-state index in [9.17, 15) is 14.2 Å². The third kappa shape index (κ3) is 15.2. The molecule has 0 spiro atoms. The van der Waals surface area contributed by atoms with E-state index in [-0.39, 0.29) is 42.8 Å². The lowest BCUT2D eigenvalue weighted by atomic mass is 9.93. The van der Waals surface area contributed by atoms with Crippen molar-refractivity contribution in [3.05, 3.63) is 88.6 Å². The summed E-state index contributed by atoms with van der Waals surface area (Å²) in [5.41, 5.74) is 6.74. The molecule has 6 atom stereocenters. The van der Waals surface area contributed by atoms with Gasteiger partial charge in [-0.15, -0.1) is 0 Å². The van der Waals surface area contributed by atoms with Crippen LogP contribution in [-0.2, 0) is 49.5 Å². The molecule has 0 saturated carbocycles. The average Bonchev–Trinajstić information content (AvgIpc) is 3.98. The highest BCUT2D eigenvalue weighted by molar-refractivity contribution is 7.48. The molecular weight excluding hydrogens is 900 g/mol. The Morgan fingerprint density at radius 1 is 0.881 bits per heavy atom. The fourth-order valence-corrected chi connectivity index (χ4v) is 10.2. The van der Waals surface area contributed by atoms with E-state index in [2.05, 4.69) is 17.0 Å². The Hall–Kier alpha value is -3.68. The molecule has 4 aromatic rings. The van der Waals surface area contributed by atoms with E-state index in [1.54, 1.807) is 34.8 Å². The van der Waals surface area contributed by atoms with E-state index in [0.29, 0.717) is 29.2 Å². The summed E-state index contributed by atoms with van der Waals surface area (Å²) >= 11 is 6.49. The van der Waals surface area contributed by atoms with Crippen LogP contribution in [0.2, 0.25) is 5.02 Å². The molecule has 2 fully saturated rings. The molecule has 2 aromatic carbocycles. The number of hydrogen-bond acceptors (Lipinski definition) is 13. The van der Waals surface area contributed by atoms with Crippen molar-refractivity contribution in [2.75, 3.05) is 32.2 Å². The molecule has 17 heteroatoms. The first-order chi connectivity index (χ1) is 32.3. The topological polar surface area (TPSA) is 171 Å². The number of unbranched alkanes of at least 4 members (excludes halogenated alkanes) is 15. The van der Waals surface area contributed by atoms with Gasteiger partial charge < -0.3 is 33.9 Å². The van der Waals surface area contributed by atoms with Crippen LogP contribution in [0, 0.1) is 17.1 Å². The second kappa shape index (κ2) is 25.8. The van der Waals surface area contributed by atoms with Crippen LogP contribution in [0.3, 0.4) is 0 Å². The van der Waals surface area contributed by atoms with Crippen LogP contribution in [0.5, 0.6) is 5.75 Å². The molecule has 2 N–H and O–H groups in total. The van der Waals surface area contributed by atoms with Crippen molar-refractivity contribution in [3.8, 4) is 11.8 Å². The monoisotopic (exact) mass is 969 g/mol. The largest absolute Gasteiger partial charge is 0.530 e. The second-order valence-electron chi connectivity index (χ2n) is 18.2. The van der Waals surface area contributed by atoms with Crippen LogP contribution < -0.4 is 10.3 Å². The zero-order valence-electron chi connectivity index (χ0n) is 39.7. The fourth-order valence-electron chi connectivity index (χ4n) is 8.74. The molecule has 14 nitrogen and oxygen atoms in total. The first-order valence-electron chi connectivity index (χ1n) is 24.2. The molecule has 2 aromatic heterocycles. The van der Waals surface area contributed by atoms with Gasteiger partial charge in [0.25, 0.3) is 0 Å². The van der Waals surface area contributed by atoms with E-state index in [1.165, 1.54) is 108 Å². The number of aromatic nitrogens is 3. The number of phosphoric acid groups is 1. The summed E-state index contributed by atoms with van der Waals surface area (Å²) in [7, 11) is -4.52. The highest BCUT2D eigenvalue weighted by Gasteiger charge is 2.62. The van der Waals surface area contributed by atoms with E-state index in [4.69, 9.17) is 54.6 Å². The van der Waals surface area contributed by atoms with E-state index < -0.39 is 49.4 Å². The number of nitriles is 1. The van der Waals surface area contributed by atoms with Gasteiger partial charge in [0.1, 0.15) is 59.5 Å². The number of rotatable bonds is 31. The van der Waals surface area contributed by atoms with Gasteiger partial charge in [0.2, 0.25) is 0 Å². The van der Waals surface area contributed by atoms with Crippen LogP contribution in [0.1, 0.15) is 147 Å². The molecule has 67 heavy (non-hydrogen) atoms. The average molecular weight is 971 g/mol. The Bertz CT molecular complexity index is 2250. The number of phosphoric ester groups is 1. The number of ether oxygens (including phenoxy) is 5. The number of nitrogen functional groups attached to an aromatic ring is 1. The molecule has 2 saturated heterocycles. The van der Waals surface area contributed by atoms with Crippen molar-refractivity contribution >= 4 is 30.8 Å². The highest BCUT2D eigenvalue weighted by atomic mass is 35.5. The number of fused-ring (bicyclic) bond motifs is 2. The second-order valence-corrected chi connectivity index (χ2v) is 20.2. The summed E-state index contributed by atoms with van der Waals surface area (Å²) in [6.07, 6.45) is 18.8. The van der Waals surface area contributed by atoms with Crippen molar-refractivity contribution in [2.45, 2.75) is 173 Å². The Balaban J connectivity index is 1.05. The zero-order chi connectivity index (χ0) is 47.7. The minimum atomic E-state index is -4.52. The lowest BCUT2D eigenvalue weighted by molar-refractivity contribution is -0.212. The van der Waals surface area contributed by atoms with Gasteiger partial charge in [0, 0.05) is 6.61 Å². The molecule has 0 bridgehead atoms. The van der Waals surface area contributed by atoms with Crippen molar-refractivity contribution in [1.29, 1.82) is 5.26 Å². The number of hydrogen-bond donors (Lipinski definition) is 1. The number of para-hydroxylation sites is 1. The smallest absolute Gasteiger partial charge is 0.402 e. The fraction of sp³-hybridized carbons (Fsp3) is 0.620. The van der Waals surface area contributed by atoms with Crippen molar-refractivity contribution in [3.63, 3.8) is 0 Å². The Morgan fingerprint density at radius 3 is 2.22 bits per heavy atom. The lowest BCUT2D eigenvalue weighted by Crippen LogP contribution is -2.39. The van der Waals surface area contributed by atoms with Gasteiger partial charge in [0.05, 0.1) is 42.7 Å². The van der Waals surface area contributed by atoms with E-state index in [0.717, 1.165) is 19.3 Å². The highest BCUT2D eigenvalue weighted by Crippen LogP contribution is 2.54. The summed E-state index contributed by atoms with van der Waals surface area (Å²) in [6, 6.07) is 16.3. The first-order valence-corrected chi connectivity index (χ1v) is 26.0. The number of anilines is 1. The summed E-state index contributed by atoms with van der Waals surface area (Å²) < 4.78 is 80.6. The number of nitrogens with two attached hydrogens (primary N) is 1. The molecule has 4 heterocycles. The first kappa shape index (κ1) is 52.7. The third-order valence-electron chi connectivity index (χ3n) is 12.4. The Morgan fingerprint density at radius 2 is 1.55 bits per heavy atom. The Labute approximate surface area is 400 Å². The number of halogens is 2. The van der Waals surface area contributed by atoms with Crippen LogP contribution in [0.15, 0.2) is 60.9 Å². The Kier molecular flexibility index (Phi) is 20.3. The van der Waals surface area contributed by atoms with Crippen LogP contribution in [0.25, 0.3) is 5.52 Å². The maximum atomic E-state index is 14.8. The van der Waals surface area contributed by atoms with Gasteiger partial charge in [-0.25, -0.2) is 18.5 Å². The van der Waals surface area contributed by atoms with Gasteiger partial charge in [-0.05, 0) is 69.2 Å². The van der Waals surface area contributed by atoms with Crippen LogP contribution >= 0.6 is 19.4 Å². The third-order valence-corrected chi connectivity index (χ3v) is 14.0.